The molecule has 0 saturated heterocycles. The van der Waals surface area contributed by atoms with Gasteiger partial charge in [0.2, 0.25) is 11.1 Å². The van der Waals surface area contributed by atoms with Gasteiger partial charge >= 0.3 is 0 Å². The van der Waals surface area contributed by atoms with Crippen LogP contribution in [0.2, 0.25) is 0 Å². The molecule has 0 spiro atoms. The number of rotatable bonds is 5. The predicted octanol–water partition coefficient (Wildman–Crippen LogP) is -0.818. The fourth-order valence-corrected chi connectivity index (χ4v) is 2.22. The fourth-order valence-electron chi connectivity index (χ4n) is 1.55. The van der Waals surface area contributed by atoms with Gasteiger partial charge in [0.25, 0.3) is 11.5 Å². The van der Waals surface area contributed by atoms with Crippen LogP contribution in [0.15, 0.2) is 40.4 Å². The Morgan fingerprint density at radius 3 is 2.77 bits per heavy atom. The summed E-state index contributed by atoms with van der Waals surface area (Å²) < 4.78 is 0.794. The lowest BCUT2D eigenvalue weighted by Crippen LogP contribution is -2.30. The maximum Gasteiger partial charge on any atom is 0.291 e. The summed E-state index contributed by atoms with van der Waals surface area (Å²) in [5.41, 5.74) is 5.21. The van der Waals surface area contributed by atoms with E-state index in [4.69, 9.17) is 11.6 Å². The Labute approximate surface area is 128 Å². The predicted molar refractivity (Wildman–Crippen MR) is 80.8 cm³/mol. The number of aromatic nitrogens is 3. The minimum Gasteiger partial charge on any atom is -0.366 e. The van der Waals surface area contributed by atoms with Gasteiger partial charge in [-0.2, -0.15) is 9.77 Å². The molecule has 0 aliphatic heterocycles. The average molecular weight is 320 g/mol. The maximum absolute atomic E-state index is 11.9. The lowest BCUT2D eigenvalue weighted by Gasteiger charge is -2.08. The van der Waals surface area contributed by atoms with Crippen molar-refractivity contribution in [3.8, 4) is 0 Å². The van der Waals surface area contributed by atoms with Crippen LogP contribution < -0.4 is 22.5 Å². The topological polar surface area (TPSA) is 146 Å². The number of nitrogens with zero attached hydrogens (tertiary/aromatic N) is 3. The Bertz CT molecular complexity index is 775. The number of anilines is 1. The molecule has 10 heteroatoms. The van der Waals surface area contributed by atoms with E-state index in [0.29, 0.717) is 5.69 Å². The van der Waals surface area contributed by atoms with Gasteiger partial charge in [0.05, 0.1) is 17.0 Å². The zero-order chi connectivity index (χ0) is 16.1. The van der Waals surface area contributed by atoms with Crippen LogP contribution in [-0.4, -0.2) is 32.4 Å². The minimum absolute atomic E-state index is 0.0670. The van der Waals surface area contributed by atoms with E-state index in [9.17, 15) is 14.4 Å². The van der Waals surface area contributed by atoms with Crippen molar-refractivity contribution in [2.45, 2.75) is 5.16 Å². The molecule has 0 radical (unpaired) electrons. The molecule has 0 unspecified atom stereocenters. The number of para-hydroxylation sites is 1. The van der Waals surface area contributed by atoms with E-state index in [1.165, 1.54) is 6.07 Å². The first-order chi connectivity index (χ1) is 10.5. The standard InChI is InChI=1S/C12H12N6O3S/c13-11(21)7-3-1-2-4-8(7)16-9(19)6-22-12-17-15-5-10(20)18(12)14/h1-5H,6,14H2,(H2,13,21)(H,16,19). The third-order valence-corrected chi connectivity index (χ3v) is 3.50. The second kappa shape index (κ2) is 6.72. The summed E-state index contributed by atoms with van der Waals surface area (Å²) in [7, 11) is 0. The van der Waals surface area contributed by atoms with Crippen LogP contribution in [0.25, 0.3) is 0 Å². The molecular formula is C12H12N6O3S. The fraction of sp³-hybridized carbons (Fsp3) is 0.0833. The Balaban J connectivity index is 2.04. The highest BCUT2D eigenvalue weighted by Crippen LogP contribution is 2.16. The average Bonchev–Trinajstić information content (AvgIpc) is 2.49. The van der Waals surface area contributed by atoms with Crippen LogP contribution in [0.3, 0.4) is 0 Å². The number of thioether (sulfide) groups is 1. The van der Waals surface area contributed by atoms with Gasteiger partial charge in [0, 0.05) is 0 Å². The molecule has 5 N–H and O–H groups in total. The second-order valence-electron chi connectivity index (χ2n) is 4.08. The Hall–Kier alpha value is -2.88. The molecule has 0 aliphatic carbocycles. The number of hydrogen-bond acceptors (Lipinski definition) is 7. The maximum atomic E-state index is 11.9. The molecule has 0 fully saturated rings. The highest BCUT2D eigenvalue weighted by atomic mass is 32.2. The first-order valence-electron chi connectivity index (χ1n) is 6.00. The van der Waals surface area contributed by atoms with E-state index in [1.54, 1.807) is 18.2 Å². The highest BCUT2D eigenvalue weighted by molar-refractivity contribution is 7.99. The van der Waals surface area contributed by atoms with E-state index in [-0.39, 0.29) is 16.5 Å². The summed E-state index contributed by atoms with van der Waals surface area (Å²) in [6.07, 6.45) is 0.966. The summed E-state index contributed by atoms with van der Waals surface area (Å²) >= 11 is 0.939. The normalized spacial score (nSPS) is 10.2. The third-order valence-electron chi connectivity index (χ3n) is 2.55. The molecule has 0 saturated carbocycles. The molecule has 0 atom stereocenters. The van der Waals surface area contributed by atoms with Crippen LogP contribution >= 0.6 is 11.8 Å². The summed E-state index contributed by atoms with van der Waals surface area (Å²) in [6.45, 7) is 0. The van der Waals surface area contributed by atoms with Crippen molar-refractivity contribution in [2.75, 3.05) is 16.9 Å². The van der Waals surface area contributed by atoms with Crippen LogP contribution in [0.5, 0.6) is 0 Å². The number of primary amides is 1. The molecule has 2 rings (SSSR count). The molecule has 22 heavy (non-hydrogen) atoms. The van der Waals surface area contributed by atoms with E-state index in [1.807, 2.05) is 0 Å². The van der Waals surface area contributed by atoms with Crippen LogP contribution in [0, 0.1) is 0 Å². The number of carbonyl (C=O) groups is 2. The van der Waals surface area contributed by atoms with Gasteiger partial charge in [-0.15, -0.1) is 5.10 Å². The molecule has 9 nitrogen and oxygen atoms in total. The quantitative estimate of drug-likeness (QED) is 0.482. The number of hydrogen-bond donors (Lipinski definition) is 3. The van der Waals surface area contributed by atoms with Crippen molar-refractivity contribution in [3.05, 3.63) is 46.4 Å². The molecule has 2 aromatic rings. The zero-order valence-electron chi connectivity index (χ0n) is 11.2. The van der Waals surface area contributed by atoms with Crippen molar-refractivity contribution < 1.29 is 9.59 Å². The second-order valence-corrected chi connectivity index (χ2v) is 5.02. The molecule has 1 heterocycles. The summed E-state index contributed by atoms with van der Waals surface area (Å²) in [6, 6.07) is 6.36. The number of nitrogens with two attached hydrogens (primary N) is 2. The van der Waals surface area contributed by atoms with E-state index in [0.717, 1.165) is 22.6 Å². The zero-order valence-corrected chi connectivity index (χ0v) is 12.0. The van der Waals surface area contributed by atoms with Gasteiger partial charge in [-0.1, -0.05) is 23.9 Å². The molecule has 114 valence electrons. The van der Waals surface area contributed by atoms with Crippen molar-refractivity contribution in [1.82, 2.24) is 14.9 Å². The van der Waals surface area contributed by atoms with Gasteiger partial charge in [-0.25, -0.2) is 0 Å². The Morgan fingerprint density at radius 2 is 2.05 bits per heavy atom. The van der Waals surface area contributed by atoms with E-state index in [2.05, 4.69) is 15.5 Å². The molecule has 2 amide bonds. The van der Waals surface area contributed by atoms with Gasteiger partial charge in [0.1, 0.15) is 6.20 Å². The van der Waals surface area contributed by atoms with Gasteiger partial charge in [0.15, 0.2) is 0 Å². The van der Waals surface area contributed by atoms with Crippen LogP contribution in [0.1, 0.15) is 10.4 Å². The minimum atomic E-state index is -0.645. The van der Waals surface area contributed by atoms with Crippen molar-refractivity contribution in [3.63, 3.8) is 0 Å². The summed E-state index contributed by atoms with van der Waals surface area (Å²) in [5.74, 6) is 4.36. The Morgan fingerprint density at radius 1 is 1.32 bits per heavy atom. The number of amides is 2. The summed E-state index contributed by atoms with van der Waals surface area (Å²) in [5, 5.41) is 9.79. The van der Waals surface area contributed by atoms with Gasteiger partial charge in [-0.3, -0.25) is 14.4 Å². The number of nitrogen functional groups attached to an aromatic ring is 1. The van der Waals surface area contributed by atoms with E-state index >= 15 is 0 Å². The third kappa shape index (κ3) is 3.61. The van der Waals surface area contributed by atoms with Crippen LogP contribution in [-0.2, 0) is 4.79 Å². The molecule has 0 aliphatic rings. The first-order valence-corrected chi connectivity index (χ1v) is 6.99. The molecule has 1 aromatic carbocycles. The smallest absolute Gasteiger partial charge is 0.291 e. The van der Waals surface area contributed by atoms with Crippen molar-refractivity contribution in [1.29, 1.82) is 0 Å². The number of benzene rings is 1. The monoisotopic (exact) mass is 320 g/mol. The van der Waals surface area contributed by atoms with E-state index < -0.39 is 17.4 Å². The van der Waals surface area contributed by atoms with Gasteiger partial charge in [-0.05, 0) is 12.1 Å². The largest absolute Gasteiger partial charge is 0.366 e. The first kappa shape index (κ1) is 15.5. The molecular weight excluding hydrogens is 308 g/mol. The van der Waals surface area contributed by atoms with Crippen LogP contribution in [0.4, 0.5) is 5.69 Å². The molecule has 1 aromatic heterocycles. The van der Waals surface area contributed by atoms with Crippen molar-refractivity contribution >= 4 is 29.3 Å². The number of carbonyl (C=O) groups excluding carboxylic acids is 2. The van der Waals surface area contributed by atoms with Crippen molar-refractivity contribution in [2.24, 2.45) is 5.73 Å². The lowest BCUT2D eigenvalue weighted by molar-refractivity contribution is -0.113. The highest BCUT2D eigenvalue weighted by Gasteiger charge is 2.12. The van der Waals surface area contributed by atoms with Gasteiger partial charge < -0.3 is 16.9 Å². The SMILES string of the molecule is NC(=O)c1ccccc1NC(=O)CSc1nncc(=O)n1N. The Kier molecular flexibility index (Phi) is 4.73. The lowest BCUT2D eigenvalue weighted by atomic mass is 10.1. The summed E-state index contributed by atoms with van der Waals surface area (Å²) in [4.78, 5) is 34.4. The molecule has 0 bridgehead atoms. The number of nitrogens with one attached hydrogen (secondary N) is 1.